The van der Waals surface area contributed by atoms with Crippen LogP contribution in [0.25, 0.3) is 0 Å². The van der Waals surface area contributed by atoms with Crippen LogP contribution in [-0.2, 0) is 0 Å². The molecule has 2 rings (SSSR count). The van der Waals surface area contributed by atoms with Crippen molar-refractivity contribution in [3.8, 4) is 0 Å². The Kier molecular flexibility index (Phi) is 4.16. The predicted molar refractivity (Wildman–Crippen MR) is 76.3 cm³/mol. The van der Waals surface area contributed by atoms with Gasteiger partial charge in [-0.2, -0.15) is 0 Å². The standard InChI is InChI=1S/C12H7Br2FN2O2/c13-8-2-1-3-9(14)10(8)17-11-7(12(18)19)4-6(15)5-16-11/h1-5H,(H,16,17)(H,18,19). The van der Waals surface area contributed by atoms with E-state index in [1.54, 1.807) is 12.1 Å². The van der Waals surface area contributed by atoms with Crippen molar-refractivity contribution in [2.75, 3.05) is 5.32 Å². The van der Waals surface area contributed by atoms with Crippen molar-refractivity contribution in [1.82, 2.24) is 4.98 Å². The Balaban J connectivity index is 2.47. The topological polar surface area (TPSA) is 62.2 Å². The molecule has 19 heavy (non-hydrogen) atoms. The highest BCUT2D eigenvalue weighted by Gasteiger charge is 2.15. The van der Waals surface area contributed by atoms with Gasteiger partial charge in [0.15, 0.2) is 0 Å². The molecule has 1 aromatic carbocycles. The summed E-state index contributed by atoms with van der Waals surface area (Å²) in [5.74, 6) is -1.88. The highest BCUT2D eigenvalue weighted by Crippen LogP contribution is 2.33. The SMILES string of the molecule is O=C(O)c1cc(F)cnc1Nc1c(Br)cccc1Br. The van der Waals surface area contributed by atoms with Gasteiger partial charge in [0.05, 0.1) is 11.9 Å². The maximum absolute atomic E-state index is 13.0. The average molecular weight is 390 g/mol. The zero-order chi connectivity index (χ0) is 14.0. The summed E-state index contributed by atoms with van der Waals surface area (Å²) in [5, 5.41) is 11.9. The first-order valence-electron chi connectivity index (χ1n) is 5.09. The second-order valence-electron chi connectivity index (χ2n) is 3.58. The number of benzene rings is 1. The first kappa shape index (κ1) is 14.0. The van der Waals surface area contributed by atoms with E-state index in [-0.39, 0.29) is 11.4 Å². The molecule has 7 heteroatoms. The molecule has 0 bridgehead atoms. The van der Waals surface area contributed by atoms with E-state index in [9.17, 15) is 9.18 Å². The van der Waals surface area contributed by atoms with Crippen molar-refractivity contribution in [2.24, 2.45) is 0 Å². The van der Waals surface area contributed by atoms with Gasteiger partial charge in [0.25, 0.3) is 0 Å². The number of carboxylic acids is 1. The molecule has 0 amide bonds. The molecule has 2 N–H and O–H groups in total. The fourth-order valence-electron chi connectivity index (χ4n) is 1.44. The molecule has 0 saturated heterocycles. The molecular weight excluding hydrogens is 383 g/mol. The van der Waals surface area contributed by atoms with E-state index < -0.39 is 11.8 Å². The number of pyridine rings is 1. The summed E-state index contributed by atoms with van der Waals surface area (Å²) in [7, 11) is 0. The summed E-state index contributed by atoms with van der Waals surface area (Å²) in [6.07, 6.45) is 0.958. The molecule has 4 nitrogen and oxygen atoms in total. The maximum atomic E-state index is 13.0. The van der Waals surface area contributed by atoms with Crippen molar-refractivity contribution < 1.29 is 14.3 Å². The van der Waals surface area contributed by atoms with Gasteiger partial charge < -0.3 is 10.4 Å². The van der Waals surface area contributed by atoms with E-state index in [0.717, 1.165) is 21.2 Å². The Morgan fingerprint density at radius 2 is 1.95 bits per heavy atom. The number of para-hydroxylation sites is 1. The Labute approximate surface area is 124 Å². The Hall–Kier alpha value is -1.47. The van der Waals surface area contributed by atoms with Crippen LogP contribution in [0.1, 0.15) is 10.4 Å². The van der Waals surface area contributed by atoms with E-state index in [0.29, 0.717) is 5.69 Å². The van der Waals surface area contributed by atoms with Crippen LogP contribution in [0.4, 0.5) is 15.9 Å². The van der Waals surface area contributed by atoms with Gasteiger partial charge in [-0.3, -0.25) is 0 Å². The first-order valence-corrected chi connectivity index (χ1v) is 6.67. The number of carboxylic acid groups (broad SMARTS) is 1. The third-order valence-corrected chi connectivity index (χ3v) is 3.61. The molecule has 0 radical (unpaired) electrons. The highest BCUT2D eigenvalue weighted by atomic mass is 79.9. The summed E-state index contributed by atoms with van der Waals surface area (Å²) >= 11 is 6.68. The fourth-order valence-corrected chi connectivity index (χ4v) is 2.63. The van der Waals surface area contributed by atoms with E-state index in [2.05, 4.69) is 42.2 Å². The zero-order valence-corrected chi connectivity index (χ0v) is 12.5. The molecule has 0 saturated carbocycles. The van der Waals surface area contributed by atoms with E-state index in [4.69, 9.17) is 5.11 Å². The third kappa shape index (κ3) is 3.10. The second kappa shape index (κ2) is 5.66. The summed E-state index contributed by atoms with van der Waals surface area (Å²) < 4.78 is 14.5. The molecule has 0 fully saturated rings. The van der Waals surface area contributed by atoms with Gasteiger partial charge in [0.2, 0.25) is 0 Å². The Bertz CT molecular complexity index is 629. The van der Waals surface area contributed by atoms with Crippen LogP contribution in [0.5, 0.6) is 0 Å². The summed E-state index contributed by atoms with van der Waals surface area (Å²) in [6.45, 7) is 0. The van der Waals surface area contributed by atoms with Crippen LogP contribution in [-0.4, -0.2) is 16.1 Å². The maximum Gasteiger partial charge on any atom is 0.339 e. The number of aromatic carboxylic acids is 1. The van der Waals surface area contributed by atoms with Gasteiger partial charge in [0, 0.05) is 8.95 Å². The quantitative estimate of drug-likeness (QED) is 0.826. The third-order valence-electron chi connectivity index (χ3n) is 2.29. The second-order valence-corrected chi connectivity index (χ2v) is 5.29. The minimum absolute atomic E-state index is 0.0708. The molecule has 0 spiro atoms. The summed E-state index contributed by atoms with van der Waals surface area (Å²) in [5.41, 5.74) is 0.381. The average Bonchev–Trinajstić information content (AvgIpc) is 2.35. The van der Waals surface area contributed by atoms with Gasteiger partial charge in [-0.15, -0.1) is 0 Å². The predicted octanol–water partition coefficient (Wildman–Crippen LogP) is 4.19. The number of anilines is 2. The van der Waals surface area contributed by atoms with Crippen molar-refractivity contribution in [3.05, 3.63) is 50.8 Å². The van der Waals surface area contributed by atoms with Crippen LogP contribution in [0.2, 0.25) is 0 Å². The van der Waals surface area contributed by atoms with Gasteiger partial charge in [-0.1, -0.05) is 6.07 Å². The van der Waals surface area contributed by atoms with Gasteiger partial charge in [-0.25, -0.2) is 14.2 Å². The number of nitrogens with one attached hydrogen (secondary N) is 1. The molecule has 0 aliphatic rings. The zero-order valence-electron chi connectivity index (χ0n) is 9.32. The van der Waals surface area contributed by atoms with Crippen LogP contribution in [0.15, 0.2) is 39.4 Å². The molecule has 0 aliphatic carbocycles. The Morgan fingerprint density at radius 1 is 1.32 bits per heavy atom. The van der Waals surface area contributed by atoms with Crippen molar-refractivity contribution in [3.63, 3.8) is 0 Å². The number of hydrogen-bond donors (Lipinski definition) is 2. The molecule has 2 aromatic rings. The lowest BCUT2D eigenvalue weighted by atomic mass is 10.2. The molecular formula is C12H7Br2FN2O2. The van der Waals surface area contributed by atoms with Crippen LogP contribution in [0.3, 0.4) is 0 Å². The lowest BCUT2D eigenvalue weighted by Crippen LogP contribution is -2.06. The number of rotatable bonds is 3. The number of carbonyl (C=O) groups is 1. The largest absolute Gasteiger partial charge is 0.478 e. The molecule has 0 unspecified atom stereocenters. The monoisotopic (exact) mass is 388 g/mol. The first-order chi connectivity index (χ1) is 8.99. The molecule has 98 valence electrons. The van der Waals surface area contributed by atoms with Gasteiger partial charge in [-0.05, 0) is 50.1 Å². The van der Waals surface area contributed by atoms with Crippen molar-refractivity contribution in [2.45, 2.75) is 0 Å². The number of aromatic nitrogens is 1. The van der Waals surface area contributed by atoms with E-state index in [1.807, 2.05) is 6.07 Å². The molecule has 1 heterocycles. The summed E-state index contributed by atoms with van der Waals surface area (Å²) in [4.78, 5) is 14.8. The molecule has 0 atom stereocenters. The van der Waals surface area contributed by atoms with Gasteiger partial charge >= 0.3 is 5.97 Å². The minimum atomic E-state index is -1.25. The number of halogens is 3. The number of hydrogen-bond acceptors (Lipinski definition) is 3. The van der Waals surface area contributed by atoms with Crippen LogP contribution in [0, 0.1) is 5.82 Å². The number of nitrogens with zero attached hydrogens (tertiary/aromatic N) is 1. The smallest absolute Gasteiger partial charge is 0.339 e. The Morgan fingerprint density at radius 3 is 2.53 bits per heavy atom. The van der Waals surface area contributed by atoms with Crippen LogP contribution >= 0.6 is 31.9 Å². The van der Waals surface area contributed by atoms with Crippen molar-refractivity contribution in [1.29, 1.82) is 0 Å². The van der Waals surface area contributed by atoms with E-state index >= 15 is 0 Å². The normalized spacial score (nSPS) is 10.3. The minimum Gasteiger partial charge on any atom is -0.478 e. The molecule has 1 aromatic heterocycles. The highest BCUT2D eigenvalue weighted by molar-refractivity contribution is 9.11. The van der Waals surface area contributed by atoms with Gasteiger partial charge in [0.1, 0.15) is 17.2 Å². The molecule has 0 aliphatic heterocycles. The summed E-state index contributed by atoms with van der Waals surface area (Å²) in [6, 6.07) is 6.31. The van der Waals surface area contributed by atoms with Crippen LogP contribution < -0.4 is 5.32 Å². The lowest BCUT2D eigenvalue weighted by molar-refractivity contribution is 0.0697. The fraction of sp³-hybridized carbons (Fsp3) is 0. The lowest BCUT2D eigenvalue weighted by Gasteiger charge is -2.11. The van der Waals surface area contributed by atoms with Crippen molar-refractivity contribution >= 4 is 49.3 Å². The van der Waals surface area contributed by atoms with E-state index in [1.165, 1.54) is 0 Å².